The first-order chi connectivity index (χ1) is 10.1. The molecular formula is C15H11FN2O3. The molecule has 2 aromatic carbocycles. The molecule has 0 bridgehead atoms. The third-order valence-corrected chi connectivity index (χ3v) is 2.81. The second-order valence-corrected chi connectivity index (χ2v) is 4.11. The van der Waals surface area contributed by atoms with Crippen molar-refractivity contribution in [1.29, 1.82) is 5.26 Å². The molecule has 2 aromatic rings. The summed E-state index contributed by atoms with van der Waals surface area (Å²) < 4.78 is 18.3. The van der Waals surface area contributed by atoms with Gasteiger partial charge in [-0.3, -0.25) is 4.79 Å². The molecule has 0 fully saturated rings. The van der Waals surface area contributed by atoms with Gasteiger partial charge in [0, 0.05) is 5.56 Å². The molecule has 6 heteroatoms. The van der Waals surface area contributed by atoms with Gasteiger partial charge >= 0.3 is 0 Å². The third-order valence-electron chi connectivity index (χ3n) is 2.81. The van der Waals surface area contributed by atoms with Gasteiger partial charge in [0.15, 0.2) is 11.5 Å². The van der Waals surface area contributed by atoms with Crippen LogP contribution in [0.1, 0.15) is 15.9 Å². The van der Waals surface area contributed by atoms with Gasteiger partial charge < -0.3 is 15.2 Å². The predicted molar refractivity (Wildman–Crippen MR) is 73.7 cm³/mol. The number of amides is 1. The molecule has 0 heterocycles. The van der Waals surface area contributed by atoms with E-state index in [-0.39, 0.29) is 28.3 Å². The fraction of sp³-hybridized carbons (Fsp3) is 0.0667. The van der Waals surface area contributed by atoms with Gasteiger partial charge in [-0.05, 0) is 30.3 Å². The Labute approximate surface area is 120 Å². The molecule has 0 unspecified atom stereocenters. The number of rotatable bonds is 3. The van der Waals surface area contributed by atoms with E-state index in [1.54, 1.807) is 6.07 Å². The molecule has 0 aliphatic carbocycles. The lowest BCUT2D eigenvalue weighted by atomic mass is 10.1. The maximum atomic E-state index is 13.4. The van der Waals surface area contributed by atoms with Crippen LogP contribution in [0.2, 0.25) is 0 Å². The molecule has 0 aromatic heterocycles. The van der Waals surface area contributed by atoms with Crippen LogP contribution in [0.4, 0.5) is 10.1 Å². The summed E-state index contributed by atoms with van der Waals surface area (Å²) in [5, 5.41) is 21.0. The van der Waals surface area contributed by atoms with E-state index >= 15 is 0 Å². The highest BCUT2D eigenvalue weighted by Crippen LogP contribution is 2.27. The topological polar surface area (TPSA) is 82.3 Å². The average molecular weight is 286 g/mol. The van der Waals surface area contributed by atoms with Gasteiger partial charge in [0.05, 0.1) is 12.8 Å². The molecule has 0 atom stereocenters. The van der Waals surface area contributed by atoms with E-state index in [9.17, 15) is 14.3 Å². The quantitative estimate of drug-likeness (QED) is 0.908. The van der Waals surface area contributed by atoms with E-state index in [0.29, 0.717) is 0 Å². The summed E-state index contributed by atoms with van der Waals surface area (Å²) in [4.78, 5) is 12.1. The Morgan fingerprint density at radius 1 is 1.38 bits per heavy atom. The number of nitriles is 1. The van der Waals surface area contributed by atoms with Crippen molar-refractivity contribution in [3.8, 4) is 17.6 Å². The molecule has 5 nitrogen and oxygen atoms in total. The zero-order valence-corrected chi connectivity index (χ0v) is 11.1. The van der Waals surface area contributed by atoms with E-state index in [0.717, 1.165) is 6.07 Å². The van der Waals surface area contributed by atoms with E-state index < -0.39 is 11.7 Å². The third kappa shape index (κ3) is 2.92. The number of ether oxygens (including phenoxy) is 1. The number of phenols is 1. The van der Waals surface area contributed by atoms with Crippen molar-refractivity contribution in [2.75, 3.05) is 12.4 Å². The number of benzene rings is 2. The SMILES string of the molecule is COc1ccc(C(=O)Nc2cccc(F)c2C#N)cc1O. The molecule has 2 rings (SSSR count). The highest BCUT2D eigenvalue weighted by molar-refractivity contribution is 6.05. The standard InChI is InChI=1S/C15H11FN2O3/c1-21-14-6-5-9(7-13(14)19)15(20)18-12-4-2-3-11(16)10(12)8-17/h2-7,19H,1H3,(H,18,20). The lowest BCUT2D eigenvalue weighted by Gasteiger charge is -2.09. The molecule has 21 heavy (non-hydrogen) atoms. The number of methoxy groups -OCH3 is 1. The molecule has 0 saturated carbocycles. The Bertz CT molecular complexity index is 738. The van der Waals surface area contributed by atoms with Crippen LogP contribution in [0, 0.1) is 17.1 Å². The minimum atomic E-state index is -0.715. The van der Waals surface area contributed by atoms with Gasteiger partial charge in [-0.15, -0.1) is 0 Å². The summed E-state index contributed by atoms with van der Waals surface area (Å²) in [6, 6.07) is 9.73. The van der Waals surface area contributed by atoms with Crippen molar-refractivity contribution in [3.05, 3.63) is 53.3 Å². The summed E-state index contributed by atoms with van der Waals surface area (Å²) in [5.74, 6) is -1.25. The summed E-state index contributed by atoms with van der Waals surface area (Å²) >= 11 is 0. The highest BCUT2D eigenvalue weighted by atomic mass is 19.1. The fourth-order valence-electron chi connectivity index (χ4n) is 1.77. The number of anilines is 1. The number of aromatic hydroxyl groups is 1. The van der Waals surface area contributed by atoms with Crippen molar-refractivity contribution in [2.45, 2.75) is 0 Å². The van der Waals surface area contributed by atoms with Crippen molar-refractivity contribution in [3.63, 3.8) is 0 Å². The Morgan fingerprint density at radius 2 is 2.14 bits per heavy atom. The Kier molecular flexibility index (Phi) is 4.05. The number of nitrogens with one attached hydrogen (secondary N) is 1. The van der Waals surface area contributed by atoms with E-state index in [1.165, 1.54) is 37.4 Å². The van der Waals surface area contributed by atoms with E-state index in [4.69, 9.17) is 10.00 Å². The molecule has 2 N–H and O–H groups in total. The molecule has 0 radical (unpaired) electrons. The Balaban J connectivity index is 2.29. The van der Waals surface area contributed by atoms with Crippen molar-refractivity contribution < 1.29 is 19.0 Å². The average Bonchev–Trinajstić information content (AvgIpc) is 2.47. The fourth-order valence-corrected chi connectivity index (χ4v) is 1.77. The van der Waals surface area contributed by atoms with E-state index in [2.05, 4.69) is 5.32 Å². The number of hydrogen-bond donors (Lipinski definition) is 2. The molecule has 1 amide bonds. The van der Waals surface area contributed by atoms with Gasteiger partial charge in [0.25, 0.3) is 5.91 Å². The van der Waals surface area contributed by atoms with Crippen LogP contribution in [0.5, 0.6) is 11.5 Å². The van der Waals surface area contributed by atoms with Crippen LogP contribution >= 0.6 is 0 Å². The van der Waals surface area contributed by atoms with Gasteiger partial charge in [-0.25, -0.2) is 4.39 Å². The number of carbonyl (C=O) groups excluding carboxylic acids is 1. The summed E-state index contributed by atoms with van der Waals surface area (Å²) in [7, 11) is 1.39. The molecule has 0 aliphatic heterocycles. The lowest BCUT2D eigenvalue weighted by molar-refractivity contribution is 0.102. The second-order valence-electron chi connectivity index (χ2n) is 4.11. The minimum absolute atomic E-state index is 0.0674. The number of halogens is 1. The smallest absolute Gasteiger partial charge is 0.255 e. The van der Waals surface area contributed by atoms with Crippen molar-refractivity contribution in [2.24, 2.45) is 0 Å². The zero-order chi connectivity index (χ0) is 15.4. The molecule has 0 aliphatic rings. The number of nitrogens with zero attached hydrogens (tertiary/aromatic N) is 1. The second kappa shape index (κ2) is 5.92. The Hall–Kier alpha value is -3.07. The van der Waals surface area contributed by atoms with Crippen molar-refractivity contribution >= 4 is 11.6 Å². The lowest BCUT2D eigenvalue weighted by Crippen LogP contribution is -2.13. The van der Waals surface area contributed by atoms with Crippen LogP contribution < -0.4 is 10.1 Å². The number of carbonyl (C=O) groups is 1. The molecular weight excluding hydrogens is 275 g/mol. The monoisotopic (exact) mass is 286 g/mol. The van der Waals surface area contributed by atoms with Crippen LogP contribution in [0.25, 0.3) is 0 Å². The first-order valence-electron chi connectivity index (χ1n) is 5.93. The van der Waals surface area contributed by atoms with Crippen LogP contribution in [0.3, 0.4) is 0 Å². The summed E-state index contributed by atoms with van der Waals surface area (Å²) in [6.45, 7) is 0. The first kappa shape index (κ1) is 14.3. The van der Waals surface area contributed by atoms with Crippen LogP contribution in [-0.4, -0.2) is 18.1 Å². The van der Waals surface area contributed by atoms with Gasteiger partial charge in [0.1, 0.15) is 17.4 Å². The minimum Gasteiger partial charge on any atom is -0.504 e. The van der Waals surface area contributed by atoms with Gasteiger partial charge in [0.2, 0.25) is 0 Å². The maximum absolute atomic E-state index is 13.4. The molecule has 0 spiro atoms. The number of hydrogen-bond acceptors (Lipinski definition) is 4. The largest absolute Gasteiger partial charge is 0.504 e. The highest BCUT2D eigenvalue weighted by Gasteiger charge is 2.13. The van der Waals surface area contributed by atoms with E-state index in [1.807, 2.05) is 0 Å². The van der Waals surface area contributed by atoms with Crippen LogP contribution in [-0.2, 0) is 0 Å². The maximum Gasteiger partial charge on any atom is 0.255 e. The zero-order valence-electron chi connectivity index (χ0n) is 11.1. The van der Waals surface area contributed by atoms with Crippen LogP contribution in [0.15, 0.2) is 36.4 Å². The Morgan fingerprint density at radius 3 is 2.76 bits per heavy atom. The van der Waals surface area contributed by atoms with Crippen molar-refractivity contribution in [1.82, 2.24) is 0 Å². The molecule has 106 valence electrons. The molecule has 0 saturated heterocycles. The number of phenolic OH excluding ortho intramolecular Hbond substituents is 1. The predicted octanol–water partition coefficient (Wildman–Crippen LogP) is 2.66. The first-order valence-corrected chi connectivity index (χ1v) is 5.93. The normalized spacial score (nSPS) is 9.76. The summed E-state index contributed by atoms with van der Waals surface area (Å²) in [5.41, 5.74) is -0.0251. The summed E-state index contributed by atoms with van der Waals surface area (Å²) in [6.07, 6.45) is 0. The van der Waals surface area contributed by atoms with Gasteiger partial charge in [-0.2, -0.15) is 5.26 Å². The van der Waals surface area contributed by atoms with Gasteiger partial charge in [-0.1, -0.05) is 6.07 Å².